The SMILES string of the molecule is O=C(c1ccccc1)c1ccc2nc(NCc3ccccc3)[nH]c2c1. The molecule has 0 saturated carbocycles. The van der Waals surface area contributed by atoms with Crippen molar-refractivity contribution in [3.8, 4) is 0 Å². The maximum Gasteiger partial charge on any atom is 0.201 e. The second-order valence-electron chi connectivity index (χ2n) is 5.85. The highest BCUT2D eigenvalue weighted by molar-refractivity contribution is 6.10. The van der Waals surface area contributed by atoms with Crippen LogP contribution in [0.5, 0.6) is 0 Å². The zero-order valence-electron chi connectivity index (χ0n) is 13.6. The number of ketones is 1. The number of H-pyrrole nitrogens is 1. The van der Waals surface area contributed by atoms with Gasteiger partial charge in [0.15, 0.2) is 5.78 Å². The maximum atomic E-state index is 12.6. The predicted octanol–water partition coefficient (Wildman–Crippen LogP) is 4.41. The third-order valence-corrected chi connectivity index (χ3v) is 4.08. The molecule has 0 aliphatic heterocycles. The van der Waals surface area contributed by atoms with Crippen LogP contribution in [0.15, 0.2) is 78.9 Å². The first kappa shape index (κ1) is 15.1. The Morgan fingerprint density at radius 3 is 2.36 bits per heavy atom. The first-order chi connectivity index (χ1) is 12.3. The monoisotopic (exact) mass is 327 g/mol. The number of carbonyl (C=O) groups is 1. The average Bonchev–Trinajstić information content (AvgIpc) is 3.09. The number of aromatic amines is 1. The summed E-state index contributed by atoms with van der Waals surface area (Å²) in [6, 6.07) is 25.0. The van der Waals surface area contributed by atoms with Gasteiger partial charge in [-0.05, 0) is 23.8 Å². The molecule has 0 amide bonds. The van der Waals surface area contributed by atoms with Gasteiger partial charge in [0.25, 0.3) is 0 Å². The lowest BCUT2D eigenvalue weighted by Gasteiger charge is -2.02. The van der Waals surface area contributed by atoms with Crippen LogP contribution in [0.3, 0.4) is 0 Å². The molecule has 0 bridgehead atoms. The molecular formula is C21H17N3O. The molecule has 3 aromatic carbocycles. The van der Waals surface area contributed by atoms with Gasteiger partial charge in [-0.3, -0.25) is 4.79 Å². The number of benzene rings is 3. The van der Waals surface area contributed by atoms with Crippen molar-refractivity contribution in [2.75, 3.05) is 5.32 Å². The molecule has 0 spiro atoms. The summed E-state index contributed by atoms with van der Waals surface area (Å²) < 4.78 is 0. The van der Waals surface area contributed by atoms with Crippen molar-refractivity contribution >= 4 is 22.8 Å². The zero-order valence-corrected chi connectivity index (χ0v) is 13.6. The molecule has 0 fully saturated rings. The van der Waals surface area contributed by atoms with Crippen molar-refractivity contribution in [3.05, 3.63) is 95.6 Å². The minimum Gasteiger partial charge on any atom is -0.352 e. The van der Waals surface area contributed by atoms with Gasteiger partial charge in [-0.1, -0.05) is 60.7 Å². The molecule has 4 heteroatoms. The van der Waals surface area contributed by atoms with Crippen molar-refractivity contribution in [1.82, 2.24) is 9.97 Å². The van der Waals surface area contributed by atoms with Crippen molar-refractivity contribution in [3.63, 3.8) is 0 Å². The number of carbonyl (C=O) groups excluding carboxylic acids is 1. The topological polar surface area (TPSA) is 57.8 Å². The van der Waals surface area contributed by atoms with Crippen molar-refractivity contribution in [1.29, 1.82) is 0 Å². The summed E-state index contributed by atoms with van der Waals surface area (Å²) in [5.74, 6) is 0.707. The number of imidazole rings is 1. The second kappa shape index (κ2) is 6.61. The molecule has 1 aromatic heterocycles. The average molecular weight is 327 g/mol. The number of nitrogens with zero attached hydrogens (tertiary/aromatic N) is 1. The van der Waals surface area contributed by atoms with Gasteiger partial charge in [0.2, 0.25) is 5.95 Å². The molecule has 4 nitrogen and oxygen atoms in total. The van der Waals surface area contributed by atoms with Gasteiger partial charge < -0.3 is 10.3 Å². The largest absolute Gasteiger partial charge is 0.352 e. The van der Waals surface area contributed by atoms with Crippen LogP contribution in [0.4, 0.5) is 5.95 Å². The highest BCUT2D eigenvalue weighted by atomic mass is 16.1. The summed E-state index contributed by atoms with van der Waals surface area (Å²) in [6.45, 7) is 0.691. The van der Waals surface area contributed by atoms with Gasteiger partial charge in [0, 0.05) is 17.7 Å². The fourth-order valence-corrected chi connectivity index (χ4v) is 2.77. The Morgan fingerprint density at radius 2 is 1.60 bits per heavy atom. The van der Waals surface area contributed by atoms with Gasteiger partial charge in [0.1, 0.15) is 0 Å². The van der Waals surface area contributed by atoms with Crippen LogP contribution in [-0.2, 0) is 6.54 Å². The standard InChI is InChI=1S/C21H17N3O/c25-20(16-9-5-2-6-10-16)17-11-12-18-19(13-17)24-21(23-18)22-14-15-7-3-1-4-8-15/h1-13H,14H2,(H2,22,23,24). The van der Waals surface area contributed by atoms with E-state index in [1.54, 1.807) is 0 Å². The molecule has 0 atom stereocenters. The Kier molecular flexibility index (Phi) is 4.01. The van der Waals surface area contributed by atoms with Crippen molar-refractivity contribution < 1.29 is 4.79 Å². The quantitative estimate of drug-likeness (QED) is 0.534. The highest BCUT2D eigenvalue weighted by Gasteiger charge is 2.11. The lowest BCUT2D eigenvalue weighted by Crippen LogP contribution is -2.00. The fraction of sp³-hybridized carbons (Fsp3) is 0.0476. The number of hydrogen-bond acceptors (Lipinski definition) is 3. The Bertz CT molecular complexity index is 1010. The van der Waals surface area contributed by atoms with E-state index in [9.17, 15) is 4.79 Å². The molecule has 0 aliphatic rings. The molecule has 1 heterocycles. The van der Waals surface area contributed by atoms with Gasteiger partial charge in [-0.2, -0.15) is 0 Å². The lowest BCUT2D eigenvalue weighted by molar-refractivity contribution is 0.103. The molecule has 4 rings (SSSR count). The zero-order chi connectivity index (χ0) is 17.1. The molecule has 2 N–H and O–H groups in total. The van der Waals surface area contributed by atoms with Gasteiger partial charge in [0.05, 0.1) is 11.0 Å². The minimum absolute atomic E-state index is 0.0101. The Hall–Kier alpha value is -3.40. The summed E-state index contributed by atoms with van der Waals surface area (Å²) in [7, 11) is 0. The Balaban J connectivity index is 1.56. The van der Waals surface area contributed by atoms with E-state index < -0.39 is 0 Å². The Morgan fingerprint density at radius 1 is 0.880 bits per heavy atom. The molecule has 122 valence electrons. The fourth-order valence-electron chi connectivity index (χ4n) is 2.77. The van der Waals surface area contributed by atoms with E-state index in [0.29, 0.717) is 23.6 Å². The van der Waals surface area contributed by atoms with E-state index in [2.05, 4.69) is 27.4 Å². The number of anilines is 1. The molecule has 4 aromatic rings. The summed E-state index contributed by atoms with van der Waals surface area (Å²) in [5, 5.41) is 3.28. The summed E-state index contributed by atoms with van der Waals surface area (Å²) in [6.07, 6.45) is 0. The van der Waals surface area contributed by atoms with Crippen LogP contribution in [0.1, 0.15) is 21.5 Å². The highest BCUT2D eigenvalue weighted by Crippen LogP contribution is 2.19. The predicted molar refractivity (Wildman–Crippen MR) is 99.7 cm³/mol. The normalized spacial score (nSPS) is 10.7. The summed E-state index contributed by atoms with van der Waals surface area (Å²) >= 11 is 0. The van der Waals surface area contributed by atoms with Crippen LogP contribution < -0.4 is 5.32 Å². The van der Waals surface area contributed by atoms with Gasteiger partial charge in [-0.25, -0.2) is 4.98 Å². The Labute approximate surface area is 145 Å². The molecular weight excluding hydrogens is 310 g/mol. The van der Waals surface area contributed by atoms with Crippen LogP contribution in [0, 0.1) is 0 Å². The molecule has 25 heavy (non-hydrogen) atoms. The third-order valence-electron chi connectivity index (χ3n) is 4.08. The number of fused-ring (bicyclic) bond motifs is 1. The van der Waals surface area contributed by atoms with E-state index in [0.717, 1.165) is 11.0 Å². The first-order valence-corrected chi connectivity index (χ1v) is 8.17. The summed E-state index contributed by atoms with van der Waals surface area (Å²) in [4.78, 5) is 20.3. The molecule has 0 unspecified atom stereocenters. The van der Waals surface area contributed by atoms with Crippen LogP contribution in [0.2, 0.25) is 0 Å². The number of aromatic nitrogens is 2. The molecule has 0 radical (unpaired) electrons. The smallest absolute Gasteiger partial charge is 0.201 e. The van der Waals surface area contributed by atoms with Gasteiger partial charge >= 0.3 is 0 Å². The van der Waals surface area contributed by atoms with E-state index in [4.69, 9.17) is 0 Å². The van der Waals surface area contributed by atoms with E-state index in [1.165, 1.54) is 5.56 Å². The van der Waals surface area contributed by atoms with Crippen molar-refractivity contribution in [2.24, 2.45) is 0 Å². The van der Waals surface area contributed by atoms with E-state index in [1.807, 2.05) is 66.7 Å². The van der Waals surface area contributed by atoms with Crippen molar-refractivity contribution in [2.45, 2.75) is 6.54 Å². The lowest BCUT2D eigenvalue weighted by atomic mass is 10.0. The van der Waals surface area contributed by atoms with Crippen LogP contribution in [-0.4, -0.2) is 15.8 Å². The summed E-state index contributed by atoms with van der Waals surface area (Å²) in [5.41, 5.74) is 4.20. The molecule has 0 saturated heterocycles. The van der Waals surface area contributed by atoms with E-state index in [-0.39, 0.29) is 5.78 Å². The number of nitrogens with one attached hydrogen (secondary N) is 2. The minimum atomic E-state index is 0.0101. The van der Waals surface area contributed by atoms with Crippen LogP contribution in [0.25, 0.3) is 11.0 Å². The first-order valence-electron chi connectivity index (χ1n) is 8.17. The van der Waals surface area contributed by atoms with Crippen LogP contribution >= 0.6 is 0 Å². The number of hydrogen-bond donors (Lipinski definition) is 2. The third kappa shape index (κ3) is 3.28. The van der Waals surface area contributed by atoms with Gasteiger partial charge in [-0.15, -0.1) is 0 Å². The molecule has 0 aliphatic carbocycles. The maximum absolute atomic E-state index is 12.6. The second-order valence-corrected chi connectivity index (χ2v) is 5.85. The number of rotatable bonds is 5. The van der Waals surface area contributed by atoms with E-state index >= 15 is 0 Å².